The Morgan fingerprint density at radius 1 is 0.966 bits per heavy atom. The van der Waals surface area contributed by atoms with Crippen LogP contribution in [0.1, 0.15) is 32.9 Å². The Labute approximate surface area is 174 Å². The molecule has 1 aliphatic rings. The number of aromatic nitrogens is 5. The van der Waals surface area contributed by atoms with E-state index in [2.05, 4.69) is 70.3 Å². The predicted octanol–water partition coefficient (Wildman–Crippen LogP) is 3.75. The molecule has 0 spiro atoms. The van der Waals surface area contributed by atoms with Crippen molar-refractivity contribution >= 4 is 38.8 Å². The summed E-state index contributed by atoms with van der Waals surface area (Å²) in [4.78, 5) is 18.4. The second-order valence-electron chi connectivity index (χ2n) is 8.53. The highest BCUT2D eigenvalue weighted by Crippen LogP contribution is 2.29. The maximum Gasteiger partial charge on any atom is 0.153 e. The smallest absolute Gasteiger partial charge is 0.153 e. The first-order chi connectivity index (χ1) is 14.0. The van der Waals surface area contributed by atoms with Gasteiger partial charge in [-0.15, -0.1) is 16.4 Å². The van der Waals surface area contributed by atoms with Gasteiger partial charge in [-0.2, -0.15) is 0 Å². The van der Waals surface area contributed by atoms with E-state index in [1.54, 1.807) is 17.7 Å². The van der Waals surface area contributed by atoms with Gasteiger partial charge >= 0.3 is 0 Å². The van der Waals surface area contributed by atoms with Crippen molar-refractivity contribution in [2.24, 2.45) is 0 Å². The molecular weight excluding hydrogens is 382 g/mol. The number of nitrogens with zero attached hydrogens (tertiary/aromatic N) is 7. The van der Waals surface area contributed by atoms with E-state index in [0.29, 0.717) is 0 Å². The maximum atomic E-state index is 4.85. The van der Waals surface area contributed by atoms with Gasteiger partial charge in [0.2, 0.25) is 0 Å². The minimum atomic E-state index is 0.0155. The summed E-state index contributed by atoms with van der Waals surface area (Å²) in [5.74, 6) is 2.06. The van der Waals surface area contributed by atoms with Crippen LogP contribution in [0, 0.1) is 0 Å². The van der Waals surface area contributed by atoms with E-state index in [-0.39, 0.29) is 5.41 Å². The third-order valence-electron chi connectivity index (χ3n) is 5.42. The Hall–Kier alpha value is -2.74. The molecule has 5 rings (SSSR count). The Bertz CT molecular complexity index is 1160. The second-order valence-corrected chi connectivity index (χ2v) is 9.45. The molecule has 4 aromatic rings. The van der Waals surface area contributed by atoms with Crippen molar-refractivity contribution in [2.75, 3.05) is 36.0 Å². The van der Waals surface area contributed by atoms with E-state index < -0.39 is 0 Å². The molecule has 0 aliphatic carbocycles. The highest BCUT2D eigenvalue weighted by atomic mass is 32.1. The zero-order valence-electron chi connectivity index (χ0n) is 17.0. The minimum absolute atomic E-state index is 0.0155. The number of rotatable bonds is 2. The van der Waals surface area contributed by atoms with Crippen LogP contribution in [0.2, 0.25) is 0 Å². The Morgan fingerprint density at radius 3 is 2.66 bits per heavy atom. The highest BCUT2D eigenvalue weighted by molar-refractivity contribution is 7.17. The molecule has 0 bridgehead atoms. The van der Waals surface area contributed by atoms with Gasteiger partial charge in [-0.1, -0.05) is 20.8 Å². The molecule has 1 aliphatic heterocycles. The summed E-state index contributed by atoms with van der Waals surface area (Å²) in [7, 11) is 0. The van der Waals surface area contributed by atoms with Crippen LogP contribution in [0.5, 0.6) is 0 Å². The SMILES string of the molecule is CC(C)(C)c1cn2nc(N3CCCN(c4ncnc5ccsc45)CC3)ccc2n1. The lowest BCUT2D eigenvalue weighted by molar-refractivity contribution is 0.572. The third-order valence-corrected chi connectivity index (χ3v) is 6.32. The van der Waals surface area contributed by atoms with Gasteiger partial charge in [0.15, 0.2) is 5.65 Å². The van der Waals surface area contributed by atoms with Crippen molar-refractivity contribution in [3.63, 3.8) is 0 Å². The van der Waals surface area contributed by atoms with Gasteiger partial charge in [0.05, 0.1) is 22.1 Å². The van der Waals surface area contributed by atoms with Crippen molar-refractivity contribution in [3.8, 4) is 0 Å². The molecule has 5 heterocycles. The lowest BCUT2D eigenvalue weighted by Crippen LogP contribution is -2.31. The van der Waals surface area contributed by atoms with Crippen molar-refractivity contribution in [3.05, 3.63) is 41.8 Å². The van der Waals surface area contributed by atoms with Crippen LogP contribution in [0.3, 0.4) is 0 Å². The van der Waals surface area contributed by atoms with E-state index in [1.165, 1.54) is 4.70 Å². The third kappa shape index (κ3) is 3.42. The molecular formula is C21H25N7S. The maximum absolute atomic E-state index is 4.85. The number of anilines is 2. The molecule has 29 heavy (non-hydrogen) atoms. The van der Waals surface area contributed by atoms with Gasteiger partial charge < -0.3 is 9.80 Å². The van der Waals surface area contributed by atoms with Crippen molar-refractivity contribution in [1.29, 1.82) is 0 Å². The van der Waals surface area contributed by atoms with E-state index in [4.69, 9.17) is 10.1 Å². The molecule has 0 radical (unpaired) electrons. The number of imidazole rings is 1. The molecule has 0 aromatic carbocycles. The molecule has 0 amide bonds. The zero-order valence-corrected chi connectivity index (χ0v) is 17.9. The fraction of sp³-hybridized carbons (Fsp3) is 0.429. The second kappa shape index (κ2) is 6.95. The van der Waals surface area contributed by atoms with Gasteiger partial charge in [0.1, 0.15) is 18.0 Å². The lowest BCUT2D eigenvalue weighted by Gasteiger charge is -2.23. The van der Waals surface area contributed by atoms with Gasteiger partial charge in [0, 0.05) is 31.6 Å². The standard InChI is InChI=1S/C21H25N7S/c1-21(2,3)16-13-28-17(24-16)5-6-18(25-28)26-8-4-9-27(11-10-26)20-19-15(7-12-29-19)22-14-23-20/h5-7,12-14H,4,8-11H2,1-3H3. The van der Waals surface area contributed by atoms with Crippen LogP contribution in [-0.2, 0) is 5.41 Å². The van der Waals surface area contributed by atoms with E-state index >= 15 is 0 Å². The Kier molecular flexibility index (Phi) is 4.38. The minimum Gasteiger partial charge on any atom is -0.353 e. The van der Waals surface area contributed by atoms with E-state index in [0.717, 1.165) is 61.1 Å². The van der Waals surface area contributed by atoms with Crippen molar-refractivity contribution in [1.82, 2.24) is 24.6 Å². The first-order valence-electron chi connectivity index (χ1n) is 10.0. The lowest BCUT2D eigenvalue weighted by atomic mass is 9.93. The Balaban J connectivity index is 1.38. The summed E-state index contributed by atoms with van der Waals surface area (Å²) in [6.45, 7) is 10.3. The number of hydrogen-bond acceptors (Lipinski definition) is 7. The van der Waals surface area contributed by atoms with Gasteiger partial charge in [-0.05, 0) is 30.0 Å². The molecule has 0 N–H and O–H groups in total. The van der Waals surface area contributed by atoms with Crippen LogP contribution in [-0.4, -0.2) is 50.7 Å². The summed E-state index contributed by atoms with van der Waals surface area (Å²) in [6, 6.07) is 6.22. The molecule has 0 saturated carbocycles. The largest absolute Gasteiger partial charge is 0.353 e. The van der Waals surface area contributed by atoms with Crippen LogP contribution in [0.4, 0.5) is 11.6 Å². The van der Waals surface area contributed by atoms with Gasteiger partial charge in [0.25, 0.3) is 0 Å². The van der Waals surface area contributed by atoms with Crippen molar-refractivity contribution in [2.45, 2.75) is 32.6 Å². The molecule has 150 valence electrons. The van der Waals surface area contributed by atoms with E-state index in [1.807, 2.05) is 4.52 Å². The molecule has 1 fully saturated rings. The topological polar surface area (TPSA) is 62.5 Å². The quantitative estimate of drug-likeness (QED) is 0.504. The van der Waals surface area contributed by atoms with Crippen LogP contribution in [0.15, 0.2) is 36.1 Å². The molecule has 0 unspecified atom stereocenters. The molecule has 8 heteroatoms. The van der Waals surface area contributed by atoms with Crippen LogP contribution in [0.25, 0.3) is 15.9 Å². The predicted molar refractivity (Wildman–Crippen MR) is 118 cm³/mol. The van der Waals surface area contributed by atoms with E-state index in [9.17, 15) is 0 Å². The van der Waals surface area contributed by atoms with Crippen LogP contribution < -0.4 is 9.80 Å². The van der Waals surface area contributed by atoms with Crippen molar-refractivity contribution < 1.29 is 0 Å². The zero-order chi connectivity index (χ0) is 20.0. The highest BCUT2D eigenvalue weighted by Gasteiger charge is 2.21. The fourth-order valence-corrected chi connectivity index (χ4v) is 4.62. The number of fused-ring (bicyclic) bond motifs is 2. The number of thiophene rings is 1. The molecule has 0 atom stereocenters. The Morgan fingerprint density at radius 2 is 1.79 bits per heavy atom. The van der Waals surface area contributed by atoms with Crippen LogP contribution >= 0.6 is 11.3 Å². The first kappa shape index (κ1) is 18.3. The summed E-state index contributed by atoms with van der Waals surface area (Å²) in [5.41, 5.74) is 3.01. The number of hydrogen-bond donors (Lipinski definition) is 0. The first-order valence-corrected chi connectivity index (χ1v) is 10.9. The van der Waals surface area contributed by atoms with Gasteiger partial charge in [-0.3, -0.25) is 0 Å². The average Bonchev–Trinajstić information content (AvgIpc) is 3.28. The molecule has 1 saturated heterocycles. The summed E-state index contributed by atoms with van der Waals surface area (Å²) in [5, 5.41) is 6.94. The fourth-order valence-electron chi connectivity index (χ4n) is 3.76. The molecule has 7 nitrogen and oxygen atoms in total. The summed E-state index contributed by atoms with van der Waals surface area (Å²) >= 11 is 1.71. The molecule has 4 aromatic heterocycles. The monoisotopic (exact) mass is 407 g/mol. The normalized spacial score (nSPS) is 16.0. The average molecular weight is 408 g/mol. The van der Waals surface area contributed by atoms with Gasteiger partial charge in [-0.25, -0.2) is 19.5 Å². The summed E-state index contributed by atoms with van der Waals surface area (Å²) in [6.07, 6.45) is 4.79. The summed E-state index contributed by atoms with van der Waals surface area (Å²) < 4.78 is 3.09.